The first kappa shape index (κ1) is 14.3. The second kappa shape index (κ2) is 6.21. The number of amides is 1. The molecule has 1 amide bonds. The fourth-order valence-corrected chi connectivity index (χ4v) is 2.46. The van der Waals surface area contributed by atoms with E-state index >= 15 is 0 Å². The smallest absolute Gasteiger partial charge is 0.224 e. The minimum atomic E-state index is -0.102. The Morgan fingerprint density at radius 1 is 1.71 bits per heavy atom. The monoisotopic (exact) mass is 319 g/mol. The summed E-state index contributed by atoms with van der Waals surface area (Å²) in [6.07, 6.45) is 1.59. The van der Waals surface area contributed by atoms with Crippen molar-refractivity contribution in [3.63, 3.8) is 0 Å². The number of hydrogen-bond acceptors (Lipinski definition) is 3. The van der Waals surface area contributed by atoms with E-state index < -0.39 is 0 Å². The predicted octanol–water partition coefficient (Wildman–Crippen LogP) is 2.32. The Bertz CT molecular complexity index is 414. The summed E-state index contributed by atoms with van der Waals surface area (Å²) in [6, 6.07) is 1.78. The molecular formula is C11H15BrClN3O. The van der Waals surface area contributed by atoms with E-state index in [9.17, 15) is 4.79 Å². The Labute approximate surface area is 114 Å². The molecule has 0 radical (unpaired) electrons. The summed E-state index contributed by atoms with van der Waals surface area (Å²) in [4.78, 5) is 17.6. The summed E-state index contributed by atoms with van der Waals surface area (Å²) in [5, 5.41) is 3.20. The second-order valence-corrected chi connectivity index (χ2v) is 5.15. The van der Waals surface area contributed by atoms with Gasteiger partial charge in [0.05, 0.1) is 15.4 Å². The largest absolute Gasteiger partial charge is 0.359 e. The second-order valence-electron chi connectivity index (χ2n) is 3.85. The molecule has 1 aromatic heterocycles. The molecule has 0 aliphatic rings. The van der Waals surface area contributed by atoms with Gasteiger partial charge in [-0.1, -0.05) is 18.5 Å². The molecule has 6 heteroatoms. The average molecular weight is 321 g/mol. The quantitative estimate of drug-likeness (QED) is 0.926. The fourth-order valence-electron chi connectivity index (χ4n) is 1.51. The zero-order chi connectivity index (χ0) is 13.0. The topological polar surface area (TPSA) is 45.2 Å². The molecule has 0 saturated carbocycles. The number of carbonyl (C=O) groups excluding carboxylic acids is 1. The SMILES string of the molecule is CNC(=O)[C@@H](C)CN(C)c1ncc(Cl)cc1Br. The minimum absolute atomic E-state index is 0.0157. The van der Waals surface area contributed by atoms with Crippen LogP contribution in [0, 0.1) is 5.92 Å². The summed E-state index contributed by atoms with van der Waals surface area (Å²) in [6.45, 7) is 2.46. The number of pyridine rings is 1. The van der Waals surface area contributed by atoms with Gasteiger partial charge in [0.2, 0.25) is 5.91 Å². The third kappa shape index (κ3) is 3.85. The van der Waals surface area contributed by atoms with Crippen molar-refractivity contribution in [3.8, 4) is 0 Å². The Morgan fingerprint density at radius 3 is 2.88 bits per heavy atom. The first-order chi connectivity index (χ1) is 7.95. The van der Waals surface area contributed by atoms with Gasteiger partial charge in [0, 0.05) is 26.8 Å². The van der Waals surface area contributed by atoms with Gasteiger partial charge in [-0.25, -0.2) is 4.98 Å². The normalized spacial score (nSPS) is 12.1. The molecule has 0 aromatic carbocycles. The number of carbonyl (C=O) groups is 1. The first-order valence-electron chi connectivity index (χ1n) is 5.19. The van der Waals surface area contributed by atoms with Gasteiger partial charge < -0.3 is 10.2 Å². The van der Waals surface area contributed by atoms with E-state index in [0.29, 0.717) is 11.6 Å². The van der Waals surface area contributed by atoms with E-state index in [1.807, 2.05) is 18.9 Å². The minimum Gasteiger partial charge on any atom is -0.359 e. The maximum atomic E-state index is 11.4. The summed E-state index contributed by atoms with van der Waals surface area (Å²) in [5.41, 5.74) is 0. The molecule has 0 aliphatic carbocycles. The van der Waals surface area contributed by atoms with E-state index in [4.69, 9.17) is 11.6 Å². The molecule has 1 atom stereocenters. The van der Waals surface area contributed by atoms with Crippen molar-refractivity contribution < 1.29 is 4.79 Å². The number of nitrogens with zero attached hydrogens (tertiary/aromatic N) is 2. The van der Waals surface area contributed by atoms with Crippen LogP contribution in [-0.4, -0.2) is 31.5 Å². The first-order valence-corrected chi connectivity index (χ1v) is 6.36. The third-order valence-corrected chi connectivity index (χ3v) is 3.18. The van der Waals surface area contributed by atoms with Crippen molar-refractivity contribution in [2.24, 2.45) is 5.92 Å². The molecule has 1 rings (SSSR count). The molecule has 0 spiro atoms. The number of aromatic nitrogens is 1. The van der Waals surface area contributed by atoms with Crippen molar-refractivity contribution in [3.05, 3.63) is 21.8 Å². The summed E-state index contributed by atoms with van der Waals surface area (Å²) in [7, 11) is 3.52. The van der Waals surface area contributed by atoms with Gasteiger partial charge in [-0.2, -0.15) is 0 Å². The summed E-state index contributed by atoms with van der Waals surface area (Å²) >= 11 is 9.23. The molecule has 94 valence electrons. The zero-order valence-electron chi connectivity index (χ0n) is 10.00. The van der Waals surface area contributed by atoms with Gasteiger partial charge >= 0.3 is 0 Å². The molecule has 0 unspecified atom stereocenters. The number of hydrogen-bond donors (Lipinski definition) is 1. The summed E-state index contributed by atoms with van der Waals surface area (Å²) < 4.78 is 0.816. The molecule has 0 saturated heterocycles. The number of rotatable bonds is 4. The molecule has 1 aromatic rings. The van der Waals surface area contributed by atoms with Crippen molar-refractivity contribution in [2.75, 3.05) is 25.5 Å². The lowest BCUT2D eigenvalue weighted by molar-refractivity contribution is -0.123. The molecule has 17 heavy (non-hydrogen) atoms. The standard InChI is InChI=1S/C11H15BrClN3O/c1-7(11(17)14-2)6-16(3)10-9(12)4-8(13)5-15-10/h4-5,7H,6H2,1-3H3,(H,14,17)/t7-/m0/s1. The maximum absolute atomic E-state index is 11.4. The Balaban J connectivity index is 2.76. The highest BCUT2D eigenvalue weighted by atomic mass is 79.9. The van der Waals surface area contributed by atoms with Crippen LogP contribution in [0.15, 0.2) is 16.7 Å². The highest BCUT2D eigenvalue weighted by Gasteiger charge is 2.16. The molecule has 0 aliphatic heterocycles. The van der Waals surface area contributed by atoms with Gasteiger partial charge in [-0.05, 0) is 22.0 Å². The van der Waals surface area contributed by atoms with Crippen molar-refractivity contribution in [1.29, 1.82) is 0 Å². The molecule has 0 fully saturated rings. The van der Waals surface area contributed by atoms with E-state index in [1.54, 1.807) is 19.3 Å². The van der Waals surface area contributed by atoms with Crippen LogP contribution in [0.25, 0.3) is 0 Å². The molecular weight excluding hydrogens is 305 g/mol. The Morgan fingerprint density at radius 2 is 2.35 bits per heavy atom. The van der Waals surface area contributed by atoms with Crippen LogP contribution in [0.4, 0.5) is 5.82 Å². The summed E-state index contributed by atoms with van der Waals surface area (Å²) in [5.74, 6) is 0.682. The van der Waals surface area contributed by atoms with Crippen LogP contribution in [0.5, 0.6) is 0 Å². The number of nitrogens with one attached hydrogen (secondary N) is 1. The van der Waals surface area contributed by atoms with E-state index in [-0.39, 0.29) is 11.8 Å². The van der Waals surface area contributed by atoms with Crippen molar-refractivity contribution in [2.45, 2.75) is 6.92 Å². The van der Waals surface area contributed by atoms with Gasteiger partial charge in [0.1, 0.15) is 5.82 Å². The zero-order valence-corrected chi connectivity index (χ0v) is 12.3. The number of anilines is 1. The van der Waals surface area contributed by atoms with Crippen LogP contribution in [0.1, 0.15) is 6.92 Å². The highest BCUT2D eigenvalue weighted by molar-refractivity contribution is 9.10. The van der Waals surface area contributed by atoms with Crippen LogP contribution >= 0.6 is 27.5 Å². The van der Waals surface area contributed by atoms with Crippen molar-refractivity contribution >= 4 is 39.3 Å². The fraction of sp³-hybridized carbons (Fsp3) is 0.455. The Kier molecular flexibility index (Phi) is 5.21. The maximum Gasteiger partial charge on any atom is 0.224 e. The van der Waals surface area contributed by atoms with Gasteiger partial charge in [0.25, 0.3) is 0 Å². The highest BCUT2D eigenvalue weighted by Crippen LogP contribution is 2.26. The lowest BCUT2D eigenvalue weighted by atomic mass is 10.1. The third-order valence-electron chi connectivity index (χ3n) is 2.39. The lowest BCUT2D eigenvalue weighted by Crippen LogP contribution is -2.34. The van der Waals surface area contributed by atoms with E-state index in [1.165, 1.54) is 0 Å². The van der Waals surface area contributed by atoms with E-state index in [2.05, 4.69) is 26.2 Å². The van der Waals surface area contributed by atoms with E-state index in [0.717, 1.165) is 10.3 Å². The van der Waals surface area contributed by atoms with Crippen LogP contribution in [0.3, 0.4) is 0 Å². The van der Waals surface area contributed by atoms with Crippen LogP contribution in [-0.2, 0) is 4.79 Å². The van der Waals surface area contributed by atoms with Gasteiger partial charge in [-0.3, -0.25) is 4.79 Å². The van der Waals surface area contributed by atoms with Crippen LogP contribution < -0.4 is 10.2 Å². The molecule has 1 N–H and O–H groups in total. The Hall–Kier alpha value is -0.810. The van der Waals surface area contributed by atoms with Crippen molar-refractivity contribution in [1.82, 2.24) is 10.3 Å². The van der Waals surface area contributed by atoms with Crippen LogP contribution in [0.2, 0.25) is 5.02 Å². The molecule has 1 heterocycles. The molecule has 0 bridgehead atoms. The lowest BCUT2D eigenvalue weighted by Gasteiger charge is -2.22. The van der Waals surface area contributed by atoms with Gasteiger partial charge in [-0.15, -0.1) is 0 Å². The average Bonchev–Trinajstić information content (AvgIpc) is 2.27. The predicted molar refractivity (Wildman–Crippen MR) is 73.4 cm³/mol. The van der Waals surface area contributed by atoms with Gasteiger partial charge in [0.15, 0.2) is 0 Å². The number of halogens is 2. The molecule has 4 nitrogen and oxygen atoms in total.